The second-order valence-electron chi connectivity index (χ2n) is 5.93. The van der Waals surface area contributed by atoms with Crippen LogP contribution in [-0.4, -0.2) is 36.3 Å². The lowest BCUT2D eigenvalue weighted by Crippen LogP contribution is -2.40. The lowest BCUT2D eigenvalue weighted by Gasteiger charge is -2.38. The van der Waals surface area contributed by atoms with Gasteiger partial charge in [0.1, 0.15) is 0 Å². The number of hydrogen-bond donors (Lipinski definition) is 1. The standard InChI is InChI=1S/C15H29NOS/c1-3-14(16-4-2)6-5-13-7-9-17-15(11-13)8-10-18-12-15/h13-14,16H,3-12H2,1-2H3. The molecule has 3 atom stereocenters. The van der Waals surface area contributed by atoms with Crippen LogP contribution in [0.4, 0.5) is 0 Å². The van der Waals surface area contributed by atoms with Crippen molar-refractivity contribution in [2.75, 3.05) is 24.7 Å². The van der Waals surface area contributed by atoms with E-state index in [1.807, 2.05) is 0 Å². The van der Waals surface area contributed by atoms with E-state index in [0.29, 0.717) is 0 Å². The Kier molecular flexibility index (Phi) is 5.84. The summed E-state index contributed by atoms with van der Waals surface area (Å²) in [6, 6.07) is 0.728. The maximum atomic E-state index is 6.10. The van der Waals surface area contributed by atoms with E-state index >= 15 is 0 Å². The van der Waals surface area contributed by atoms with Crippen LogP contribution in [0.25, 0.3) is 0 Å². The van der Waals surface area contributed by atoms with Crippen LogP contribution in [0, 0.1) is 5.92 Å². The minimum absolute atomic E-state index is 0.271. The van der Waals surface area contributed by atoms with Crippen molar-refractivity contribution in [2.24, 2.45) is 5.92 Å². The molecule has 0 bridgehead atoms. The normalized spacial score (nSPS) is 34.0. The molecule has 0 aromatic carbocycles. The zero-order valence-corrected chi connectivity index (χ0v) is 12.9. The molecule has 0 aromatic rings. The van der Waals surface area contributed by atoms with Gasteiger partial charge >= 0.3 is 0 Å². The van der Waals surface area contributed by atoms with Gasteiger partial charge in [0.15, 0.2) is 0 Å². The van der Waals surface area contributed by atoms with Crippen LogP contribution in [0.1, 0.15) is 52.4 Å². The second-order valence-corrected chi connectivity index (χ2v) is 7.04. The van der Waals surface area contributed by atoms with Gasteiger partial charge in [-0.1, -0.05) is 13.8 Å². The fourth-order valence-electron chi connectivity index (χ4n) is 3.42. The third-order valence-electron chi connectivity index (χ3n) is 4.57. The van der Waals surface area contributed by atoms with Crippen molar-refractivity contribution in [3.63, 3.8) is 0 Å². The van der Waals surface area contributed by atoms with Crippen LogP contribution in [-0.2, 0) is 4.74 Å². The molecule has 3 heteroatoms. The summed E-state index contributed by atoms with van der Waals surface area (Å²) in [6.07, 6.45) is 7.90. The molecule has 0 amide bonds. The van der Waals surface area contributed by atoms with Gasteiger partial charge in [-0.3, -0.25) is 0 Å². The number of thioether (sulfide) groups is 1. The molecule has 2 nitrogen and oxygen atoms in total. The third-order valence-corrected chi connectivity index (χ3v) is 5.79. The Hall–Kier alpha value is 0.270. The van der Waals surface area contributed by atoms with Crippen molar-refractivity contribution in [1.29, 1.82) is 0 Å². The van der Waals surface area contributed by atoms with E-state index in [9.17, 15) is 0 Å². The highest BCUT2D eigenvalue weighted by atomic mass is 32.2. The maximum absolute atomic E-state index is 6.10. The van der Waals surface area contributed by atoms with Gasteiger partial charge in [0.2, 0.25) is 0 Å². The Morgan fingerprint density at radius 2 is 2.33 bits per heavy atom. The molecule has 2 aliphatic rings. The summed E-state index contributed by atoms with van der Waals surface area (Å²) < 4.78 is 6.10. The average molecular weight is 271 g/mol. The molecule has 2 rings (SSSR count). The topological polar surface area (TPSA) is 21.3 Å². The Morgan fingerprint density at radius 3 is 3.00 bits per heavy atom. The van der Waals surface area contributed by atoms with Gasteiger partial charge in [-0.15, -0.1) is 0 Å². The molecule has 2 fully saturated rings. The molecule has 2 saturated heterocycles. The monoisotopic (exact) mass is 271 g/mol. The van der Waals surface area contributed by atoms with Crippen LogP contribution in [0.3, 0.4) is 0 Å². The van der Waals surface area contributed by atoms with Crippen molar-refractivity contribution < 1.29 is 4.74 Å². The van der Waals surface area contributed by atoms with Crippen molar-refractivity contribution >= 4 is 11.8 Å². The molecular weight excluding hydrogens is 242 g/mol. The van der Waals surface area contributed by atoms with E-state index in [1.165, 1.54) is 50.0 Å². The van der Waals surface area contributed by atoms with E-state index in [4.69, 9.17) is 4.74 Å². The van der Waals surface area contributed by atoms with Gasteiger partial charge in [0.25, 0.3) is 0 Å². The molecule has 0 aliphatic carbocycles. The summed E-state index contributed by atoms with van der Waals surface area (Å²) in [5.41, 5.74) is 0.271. The third kappa shape index (κ3) is 3.88. The predicted molar refractivity (Wildman–Crippen MR) is 80.3 cm³/mol. The van der Waals surface area contributed by atoms with E-state index in [0.717, 1.165) is 25.1 Å². The Morgan fingerprint density at radius 1 is 1.44 bits per heavy atom. The Bertz CT molecular complexity index is 241. The number of nitrogens with one attached hydrogen (secondary N) is 1. The lowest BCUT2D eigenvalue weighted by atomic mass is 9.82. The summed E-state index contributed by atoms with van der Waals surface area (Å²) in [6.45, 7) is 6.62. The Labute approximate surface area is 117 Å². The first-order chi connectivity index (χ1) is 8.78. The molecule has 106 valence electrons. The molecule has 2 aliphatic heterocycles. The Balaban J connectivity index is 1.75. The summed E-state index contributed by atoms with van der Waals surface area (Å²) in [5, 5.41) is 3.60. The highest BCUT2D eigenvalue weighted by Crippen LogP contribution is 2.41. The minimum Gasteiger partial charge on any atom is -0.374 e. The summed E-state index contributed by atoms with van der Waals surface area (Å²) in [4.78, 5) is 0. The van der Waals surface area contributed by atoms with E-state index in [1.54, 1.807) is 0 Å². The highest BCUT2D eigenvalue weighted by molar-refractivity contribution is 7.99. The van der Waals surface area contributed by atoms with Crippen LogP contribution >= 0.6 is 11.8 Å². The minimum atomic E-state index is 0.271. The van der Waals surface area contributed by atoms with Gasteiger partial charge in [-0.05, 0) is 56.7 Å². The van der Waals surface area contributed by atoms with E-state index in [2.05, 4.69) is 30.9 Å². The fourth-order valence-corrected chi connectivity index (χ4v) is 4.79. The molecule has 1 spiro atoms. The molecule has 0 saturated carbocycles. The molecule has 1 N–H and O–H groups in total. The molecule has 0 radical (unpaired) electrons. The summed E-state index contributed by atoms with van der Waals surface area (Å²) in [5.74, 6) is 3.46. The van der Waals surface area contributed by atoms with Crippen LogP contribution in [0.5, 0.6) is 0 Å². The molecule has 2 heterocycles. The zero-order chi connectivity index (χ0) is 12.8. The smallest absolute Gasteiger partial charge is 0.0783 e. The van der Waals surface area contributed by atoms with Crippen LogP contribution in [0.15, 0.2) is 0 Å². The van der Waals surface area contributed by atoms with Crippen molar-refractivity contribution in [1.82, 2.24) is 5.32 Å². The van der Waals surface area contributed by atoms with Gasteiger partial charge < -0.3 is 10.1 Å². The molecule has 18 heavy (non-hydrogen) atoms. The number of rotatable bonds is 6. The second kappa shape index (κ2) is 7.16. The quantitative estimate of drug-likeness (QED) is 0.799. The van der Waals surface area contributed by atoms with Crippen molar-refractivity contribution in [3.8, 4) is 0 Å². The van der Waals surface area contributed by atoms with E-state index in [-0.39, 0.29) is 5.60 Å². The van der Waals surface area contributed by atoms with Gasteiger partial charge in [-0.2, -0.15) is 11.8 Å². The summed E-state index contributed by atoms with van der Waals surface area (Å²) in [7, 11) is 0. The molecular formula is C15H29NOS. The van der Waals surface area contributed by atoms with Crippen LogP contribution < -0.4 is 5.32 Å². The number of hydrogen-bond acceptors (Lipinski definition) is 3. The average Bonchev–Trinajstić information content (AvgIpc) is 2.82. The largest absolute Gasteiger partial charge is 0.374 e. The van der Waals surface area contributed by atoms with Crippen LogP contribution in [0.2, 0.25) is 0 Å². The molecule has 3 unspecified atom stereocenters. The molecule has 0 aromatic heterocycles. The van der Waals surface area contributed by atoms with Gasteiger partial charge in [-0.25, -0.2) is 0 Å². The first-order valence-electron chi connectivity index (χ1n) is 7.73. The lowest BCUT2D eigenvalue weighted by molar-refractivity contribution is -0.0810. The summed E-state index contributed by atoms with van der Waals surface area (Å²) >= 11 is 2.08. The van der Waals surface area contributed by atoms with Crippen molar-refractivity contribution in [2.45, 2.75) is 64.0 Å². The first kappa shape index (κ1) is 14.7. The first-order valence-corrected chi connectivity index (χ1v) is 8.88. The predicted octanol–water partition coefficient (Wildman–Crippen LogP) is 3.46. The maximum Gasteiger partial charge on any atom is 0.0783 e. The number of ether oxygens (including phenoxy) is 1. The fraction of sp³-hybridized carbons (Fsp3) is 1.00. The van der Waals surface area contributed by atoms with Crippen molar-refractivity contribution in [3.05, 3.63) is 0 Å². The van der Waals surface area contributed by atoms with Gasteiger partial charge in [0, 0.05) is 18.4 Å². The zero-order valence-electron chi connectivity index (χ0n) is 12.0. The SMILES string of the molecule is CCNC(CC)CCC1CCOC2(CCSC2)C1. The van der Waals surface area contributed by atoms with Gasteiger partial charge in [0.05, 0.1) is 5.60 Å². The highest BCUT2D eigenvalue weighted by Gasteiger charge is 2.40. The van der Waals surface area contributed by atoms with E-state index < -0.39 is 0 Å².